The fourth-order valence-electron chi connectivity index (χ4n) is 1.75. The molecule has 11 heavy (non-hydrogen) atoms. The average molecular weight is 156 g/mol. The van der Waals surface area contributed by atoms with Gasteiger partial charge in [0, 0.05) is 5.92 Å². The minimum atomic E-state index is -1.32. The van der Waals surface area contributed by atoms with Gasteiger partial charge in [0.25, 0.3) is 0 Å². The van der Waals surface area contributed by atoms with Crippen molar-refractivity contribution in [3.05, 3.63) is 23.6 Å². The number of hydrogen-bond acceptors (Lipinski definition) is 0. The third-order valence-electron chi connectivity index (χ3n) is 2.49. The summed E-state index contributed by atoms with van der Waals surface area (Å²) in [5, 5.41) is 0. The smallest absolute Gasteiger partial charge is 0.139 e. The summed E-state index contributed by atoms with van der Waals surface area (Å²) in [5.41, 5.74) is -0.392. The van der Waals surface area contributed by atoms with Gasteiger partial charge >= 0.3 is 0 Å². The van der Waals surface area contributed by atoms with E-state index in [0.717, 1.165) is 18.1 Å². The largest absolute Gasteiger partial charge is 0.239 e. The minimum absolute atomic E-state index is 0.00741. The second-order valence-corrected chi connectivity index (χ2v) is 3.29. The van der Waals surface area contributed by atoms with Crippen LogP contribution in [0.25, 0.3) is 0 Å². The highest BCUT2D eigenvalue weighted by atomic mass is 19.1. The summed E-state index contributed by atoms with van der Waals surface area (Å²) in [5.74, 6) is -0.412. The number of alkyl halides is 1. The Labute approximate surface area is 64.6 Å². The Kier molecular flexibility index (Phi) is 1.23. The monoisotopic (exact) mass is 156 g/mol. The van der Waals surface area contributed by atoms with Crippen LogP contribution in [-0.4, -0.2) is 5.67 Å². The van der Waals surface area contributed by atoms with Gasteiger partial charge in [-0.2, -0.15) is 0 Å². The molecule has 2 heteroatoms. The van der Waals surface area contributed by atoms with E-state index in [-0.39, 0.29) is 5.92 Å². The van der Waals surface area contributed by atoms with E-state index in [0.29, 0.717) is 6.42 Å². The molecule has 0 aromatic rings. The van der Waals surface area contributed by atoms with Crippen molar-refractivity contribution in [2.45, 2.75) is 25.4 Å². The van der Waals surface area contributed by atoms with Gasteiger partial charge in [-0.1, -0.05) is 12.5 Å². The molecule has 1 fully saturated rings. The van der Waals surface area contributed by atoms with E-state index >= 15 is 0 Å². The maximum Gasteiger partial charge on any atom is 0.139 e. The molecule has 60 valence electrons. The maximum atomic E-state index is 13.3. The molecular formula is C9H10F2. The Morgan fingerprint density at radius 3 is 3.09 bits per heavy atom. The van der Waals surface area contributed by atoms with E-state index in [4.69, 9.17) is 0 Å². The molecule has 0 bridgehead atoms. The number of rotatable bonds is 1. The van der Waals surface area contributed by atoms with Crippen molar-refractivity contribution in [3.8, 4) is 0 Å². The fourth-order valence-corrected chi connectivity index (χ4v) is 1.75. The van der Waals surface area contributed by atoms with Crippen LogP contribution in [0.1, 0.15) is 19.8 Å². The molecule has 2 aliphatic rings. The van der Waals surface area contributed by atoms with Crippen LogP contribution in [-0.2, 0) is 0 Å². The molecule has 0 N–H and O–H groups in total. The van der Waals surface area contributed by atoms with Crippen molar-refractivity contribution < 1.29 is 8.78 Å². The highest BCUT2D eigenvalue weighted by molar-refractivity contribution is 5.40. The summed E-state index contributed by atoms with van der Waals surface area (Å²) in [6.07, 6.45) is 3.82. The first-order valence-electron chi connectivity index (χ1n) is 3.93. The third kappa shape index (κ3) is 0.924. The maximum absolute atomic E-state index is 13.3. The van der Waals surface area contributed by atoms with Gasteiger partial charge < -0.3 is 0 Å². The summed E-state index contributed by atoms with van der Waals surface area (Å²) in [6.45, 7) is 1.93. The zero-order chi connectivity index (χ0) is 8.06. The van der Waals surface area contributed by atoms with E-state index in [9.17, 15) is 8.78 Å². The summed E-state index contributed by atoms with van der Waals surface area (Å²) in [6, 6.07) is 0. The summed E-state index contributed by atoms with van der Waals surface area (Å²) in [7, 11) is 0. The van der Waals surface area contributed by atoms with Gasteiger partial charge in [0.2, 0.25) is 0 Å². The lowest BCUT2D eigenvalue weighted by Gasteiger charge is -2.09. The molecule has 2 rings (SSSR count). The Morgan fingerprint density at radius 2 is 2.45 bits per heavy atom. The zero-order valence-electron chi connectivity index (χ0n) is 6.40. The molecule has 0 aromatic heterocycles. The van der Waals surface area contributed by atoms with Gasteiger partial charge in [-0.05, 0) is 25.0 Å². The Hall–Kier alpha value is -0.660. The van der Waals surface area contributed by atoms with Gasteiger partial charge in [0.15, 0.2) is 0 Å². The van der Waals surface area contributed by atoms with Crippen LogP contribution in [0.15, 0.2) is 23.6 Å². The second-order valence-electron chi connectivity index (χ2n) is 3.29. The van der Waals surface area contributed by atoms with Crippen LogP contribution >= 0.6 is 0 Å². The molecule has 2 aliphatic carbocycles. The first kappa shape index (κ1) is 7.01. The quantitative estimate of drug-likeness (QED) is 0.547. The van der Waals surface area contributed by atoms with Gasteiger partial charge in [0.1, 0.15) is 11.5 Å². The van der Waals surface area contributed by atoms with Gasteiger partial charge in [-0.15, -0.1) is 0 Å². The molecule has 0 nitrogen and oxygen atoms in total. The molecule has 1 saturated carbocycles. The van der Waals surface area contributed by atoms with Crippen LogP contribution in [0, 0.1) is 5.92 Å². The lowest BCUT2D eigenvalue weighted by atomic mass is 10.0. The lowest BCUT2D eigenvalue weighted by Crippen LogP contribution is -2.06. The fraction of sp³-hybridized carbons (Fsp3) is 0.556. The lowest BCUT2D eigenvalue weighted by molar-refractivity contribution is 0.348. The molecule has 0 heterocycles. The summed E-state index contributed by atoms with van der Waals surface area (Å²) in [4.78, 5) is 0. The van der Waals surface area contributed by atoms with E-state index in [1.807, 2.05) is 6.92 Å². The first-order valence-corrected chi connectivity index (χ1v) is 3.93. The van der Waals surface area contributed by atoms with Gasteiger partial charge in [-0.25, -0.2) is 8.78 Å². The standard InChI is InChI=1S/C9H10F2/c1-2-6-3-7(10)4-9(11)5-8(6)9/h3-4,8H,2,5H2,1H3. The number of hydrogen-bond donors (Lipinski definition) is 0. The van der Waals surface area contributed by atoms with Crippen LogP contribution in [0.4, 0.5) is 8.78 Å². The van der Waals surface area contributed by atoms with E-state index in [2.05, 4.69) is 0 Å². The average Bonchev–Trinajstić information content (AvgIpc) is 2.58. The molecule has 2 unspecified atom stereocenters. The van der Waals surface area contributed by atoms with E-state index in [1.54, 1.807) is 0 Å². The number of fused-ring (bicyclic) bond motifs is 1. The Morgan fingerprint density at radius 1 is 1.73 bits per heavy atom. The van der Waals surface area contributed by atoms with E-state index < -0.39 is 11.5 Å². The zero-order valence-corrected chi connectivity index (χ0v) is 6.40. The van der Waals surface area contributed by atoms with Crippen LogP contribution in [0.2, 0.25) is 0 Å². The molecule has 0 radical (unpaired) electrons. The van der Waals surface area contributed by atoms with Crippen LogP contribution in [0.5, 0.6) is 0 Å². The SMILES string of the molecule is CCC1=CC(F)=CC2(F)CC12. The summed E-state index contributed by atoms with van der Waals surface area (Å²) >= 11 is 0. The molecule has 0 spiro atoms. The Bertz CT molecular complexity index is 252. The summed E-state index contributed by atoms with van der Waals surface area (Å²) < 4.78 is 26.0. The van der Waals surface area contributed by atoms with Crippen molar-refractivity contribution in [1.82, 2.24) is 0 Å². The molecule has 0 amide bonds. The second kappa shape index (κ2) is 1.93. The Balaban J connectivity index is 2.31. The van der Waals surface area contributed by atoms with Crippen LogP contribution < -0.4 is 0 Å². The van der Waals surface area contributed by atoms with E-state index in [1.165, 1.54) is 6.08 Å². The first-order chi connectivity index (χ1) is 5.15. The normalized spacial score (nSPS) is 40.8. The highest BCUT2D eigenvalue weighted by Gasteiger charge is 2.56. The predicted octanol–water partition coefficient (Wildman–Crippen LogP) is 2.92. The predicted molar refractivity (Wildman–Crippen MR) is 39.5 cm³/mol. The molecule has 0 saturated heterocycles. The number of halogens is 2. The van der Waals surface area contributed by atoms with Crippen molar-refractivity contribution in [2.24, 2.45) is 5.92 Å². The molecule has 2 atom stereocenters. The van der Waals surface area contributed by atoms with Crippen molar-refractivity contribution >= 4 is 0 Å². The molecular weight excluding hydrogens is 146 g/mol. The topological polar surface area (TPSA) is 0 Å². The van der Waals surface area contributed by atoms with Crippen LogP contribution in [0.3, 0.4) is 0 Å². The number of allylic oxidation sites excluding steroid dienone is 4. The third-order valence-corrected chi connectivity index (χ3v) is 2.49. The van der Waals surface area contributed by atoms with Crippen molar-refractivity contribution in [2.75, 3.05) is 0 Å². The van der Waals surface area contributed by atoms with Gasteiger partial charge in [-0.3, -0.25) is 0 Å². The molecule has 0 aromatic carbocycles. The molecule has 0 aliphatic heterocycles. The van der Waals surface area contributed by atoms with Crippen molar-refractivity contribution in [1.29, 1.82) is 0 Å². The highest BCUT2D eigenvalue weighted by Crippen LogP contribution is 2.56. The van der Waals surface area contributed by atoms with Crippen molar-refractivity contribution in [3.63, 3.8) is 0 Å². The van der Waals surface area contributed by atoms with Gasteiger partial charge in [0.05, 0.1) is 0 Å². The minimum Gasteiger partial charge on any atom is -0.239 e.